The largest absolute Gasteiger partial charge is 0.395 e. The summed E-state index contributed by atoms with van der Waals surface area (Å²) in [5, 5.41) is 15.5. The maximum atomic E-state index is 10.2. The van der Waals surface area contributed by atoms with E-state index in [-0.39, 0.29) is 6.61 Å². The van der Waals surface area contributed by atoms with E-state index in [1.165, 1.54) is 33.8 Å². The Balaban J connectivity index is 2.24. The van der Waals surface area contributed by atoms with Gasteiger partial charge in [0.25, 0.3) is 0 Å². The van der Waals surface area contributed by atoms with Gasteiger partial charge >= 0.3 is 0 Å². The van der Waals surface area contributed by atoms with Crippen molar-refractivity contribution in [2.75, 3.05) is 6.61 Å². The molecule has 178 valence electrons. The van der Waals surface area contributed by atoms with Gasteiger partial charge < -0.3 is 14.2 Å². The van der Waals surface area contributed by atoms with Gasteiger partial charge in [0.2, 0.25) is 0 Å². The summed E-state index contributed by atoms with van der Waals surface area (Å²) in [5.41, 5.74) is 2.37. The molecule has 1 N–H and O–H groups in total. The Hall–Kier alpha value is -1.80. The first-order valence-corrected chi connectivity index (χ1v) is 15.7. The summed E-state index contributed by atoms with van der Waals surface area (Å²) in [7, 11) is 0. The summed E-state index contributed by atoms with van der Waals surface area (Å²) < 4.78 is 7.40. The Kier molecular flexibility index (Phi) is 7.58. The lowest BCUT2D eigenvalue weighted by atomic mass is 10.3. The van der Waals surface area contributed by atoms with Crippen molar-refractivity contribution in [3.8, 4) is 0 Å². The summed E-state index contributed by atoms with van der Waals surface area (Å²) in [6.45, 7) is 1.34. The molecule has 4 aromatic carbocycles. The molecule has 5 aromatic rings. The Morgan fingerprint density at radius 3 is 1.77 bits per heavy atom. The Morgan fingerprint density at radius 2 is 1.23 bits per heavy atom. The van der Waals surface area contributed by atoms with Crippen LogP contribution in [0.2, 0.25) is 0 Å². The van der Waals surface area contributed by atoms with Crippen LogP contribution < -0.4 is 15.9 Å². The van der Waals surface area contributed by atoms with Crippen LogP contribution in [-0.2, 0) is 13.1 Å². The van der Waals surface area contributed by atoms with Gasteiger partial charge in [-0.05, 0) is 80.9 Å². The summed E-state index contributed by atoms with van der Waals surface area (Å²) in [5.74, 6) is 0. The predicted molar refractivity (Wildman–Crippen MR) is 167 cm³/mol. The molecule has 0 amide bonds. The fraction of sp³-hybridized carbons (Fsp3) is 0.138. The number of aliphatic hydroxyl groups is 1. The van der Waals surface area contributed by atoms with E-state index in [0.717, 1.165) is 12.1 Å². The van der Waals surface area contributed by atoms with Crippen molar-refractivity contribution in [3.05, 3.63) is 115 Å². The second kappa shape index (κ2) is 10.7. The highest BCUT2D eigenvalue weighted by molar-refractivity contribution is 14.1. The first kappa shape index (κ1) is 24.9. The van der Waals surface area contributed by atoms with Gasteiger partial charge in [-0.2, -0.15) is 0 Å². The number of benzene rings is 4. The van der Waals surface area contributed by atoms with Crippen molar-refractivity contribution in [3.63, 3.8) is 0 Å². The van der Waals surface area contributed by atoms with E-state index in [2.05, 4.69) is 164 Å². The molecule has 0 aliphatic rings. The molecule has 0 bridgehead atoms. The second-order valence-electron chi connectivity index (χ2n) is 8.32. The van der Waals surface area contributed by atoms with Crippen LogP contribution >= 0.6 is 52.1 Å². The average molecular weight is 704 g/mol. The van der Waals surface area contributed by atoms with Crippen LogP contribution in [-0.4, -0.2) is 20.8 Å². The minimum Gasteiger partial charge on any atom is -0.395 e. The maximum Gasteiger partial charge on any atom is 0.121 e. The SMILES string of the molecule is CCn1c(=P(c2ccccc2)(c2ccccc2)c2cccc(I)c2I)n(CCO)c2ccccc21. The lowest BCUT2D eigenvalue weighted by molar-refractivity contribution is 0.276. The minimum absolute atomic E-state index is 0.0857. The van der Waals surface area contributed by atoms with E-state index in [1.807, 2.05) is 0 Å². The molecule has 0 radical (unpaired) electrons. The fourth-order valence-electron chi connectivity index (χ4n) is 5.10. The maximum absolute atomic E-state index is 10.2. The number of rotatable bonds is 6. The molecule has 6 heteroatoms. The van der Waals surface area contributed by atoms with Crippen LogP contribution in [0.15, 0.2) is 103 Å². The molecule has 0 unspecified atom stereocenters. The van der Waals surface area contributed by atoms with Crippen LogP contribution in [0, 0.1) is 12.3 Å². The Bertz CT molecular complexity index is 1530. The third kappa shape index (κ3) is 4.14. The fourth-order valence-corrected chi connectivity index (χ4v) is 11.9. The highest BCUT2D eigenvalue weighted by Gasteiger charge is 2.32. The van der Waals surface area contributed by atoms with Crippen LogP contribution in [0.25, 0.3) is 11.0 Å². The van der Waals surface area contributed by atoms with Crippen molar-refractivity contribution in [2.45, 2.75) is 20.0 Å². The smallest absolute Gasteiger partial charge is 0.121 e. The van der Waals surface area contributed by atoms with Crippen molar-refractivity contribution in [1.29, 1.82) is 0 Å². The molecule has 0 aliphatic heterocycles. The van der Waals surface area contributed by atoms with Crippen molar-refractivity contribution < 1.29 is 5.11 Å². The Morgan fingerprint density at radius 1 is 0.686 bits per heavy atom. The molecule has 0 spiro atoms. The molecule has 0 aliphatic carbocycles. The summed E-state index contributed by atoms with van der Waals surface area (Å²) in [4.78, 5) is 0. The van der Waals surface area contributed by atoms with Crippen LogP contribution in [0.5, 0.6) is 0 Å². The molecule has 5 rings (SSSR count). The predicted octanol–water partition coefficient (Wildman–Crippen LogP) is 6.19. The molecule has 0 saturated heterocycles. The standard InChI is InChI=1S/C29H27I2N2OP/c1-2-32-25-17-9-10-18-26(25)33(20-21-34)29(32)35(22-12-5-3-6-13-22,23-14-7-4-8-15-23)27-19-11-16-24(30)28(27)31/h3-19,34H,2,20-21H2,1H3. The molecule has 35 heavy (non-hydrogen) atoms. The van der Waals surface area contributed by atoms with Gasteiger partial charge in [0.1, 0.15) is 5.20 Å². The van der Waals surface area contributed by atoms with Crippen LogP contribution in [0.1, 0.15) is 6.92 Å². The molecule has 0 saturated carbocycles. The molecule has 1 aromatic heterocycles. The number of halogens is 2. The highest BCUT2D eigenvalue weighted by atomic mass is 127. The summed E-state index contributed by atoms with van der Waals surface area (Å²) in [6.07, 6.45) is 0. The van der Waals surface area contributed by atoms with Gasteiger partial charge in [0, 0.05) is 32.4 Å². The van der Waals surface area contributed by atoms with Gasteiger partial charge in [-0.25, -0.2) is 0 Å². The molecule has 0 fully saturated rings. The zero-order valence-electron chi connectivity index (χ0n) is 19.5. The zero-order chi connectivity index (χ0) is 24.4. The first-order chi connectivity index (χ1) is 17.1. The van der Waals surface area contributed by atoms with Gasteiger partial charge in [-0.15, -0.1) is 0 Å². The third-order valence-corrected chi connectivity index (χ3v) is 14.3. The monoisotopic (exact) mass is 704 g/mol. The summed E-state index contributed by atoms with van der Waals surface area (Å²) >= 11 is 5.00. The number of hydrogen-bond donors (Lipinski definition) is 1. The number of aliphatic hydroxyl groups excluding tert-OH is 1. The highest BCUT2D eigenvalue weighted by Crippen LogP contribution is 2.50. The van der Waals surface area contributed by atoms with E-state index in [4.69, 9.17) is 0 Å². The number of fused-ring (bicyclic) bond motifs is 1. The summed E-state index contributed by atoms with van der Waals surface area (Å²) in [6, 6.07) is 37.3. The van der Waals surface area contributed by atoms with E-state index in [9.17, 15) is 5.11 Å². The van der Waals surface area contributed by atoms with Gasteiger partial charge in [0.05, 0.1) is 17.6 Å². The molecule has 3 nitrogen and oxygen atoms in total. The number of hydrogen-bond acceptors (Lipinski definition) is 1. The van der Waals surface area contributed by atoms with Crippen LogP contribution in [0.4, 0.5) is 0 Å². The minimum atomic E-state index is -2.36. The molecule has 1 heterocycles. The molecular formula is C29H27I2N2OP. The van der Waals surface area contributed by atoms with E-state index >= 15 is 0 Å². The number of imidazole rings is 1. The molecule has 0 atom stereocenters. The first-order valence-electron chi connectivity index (χ1n) is 11.7. The number of nitrogens with zero attached hydrogens (tertiary/aromatic N) is 2. The zero-order valence-corrected chi connectivity index (χ0v) is 24.7. The average Bonchev–Trinajstić information content (AvgIpc) is 3.22. The lowest BCUT2D eigenvalue weighted by Gasteiger charge is -2.31. The van der Waals surface area contributed by atoms with Crippen molar-refractivity contribution in [1.82, 2.24) is 9.13 Å². The van der Waals surface area contributed by atoms with Crippen molar-refractivity contribution >= 4 is 79.0 Å². The third-order valence-electron chi connectivity index (χ3n) is 6.47. The number of aromatic nitrogens is 2. The van der Waals surface area contributed by atoms with E-state index < -0.39 is 6.89 Å². The van der Waals surface area contributed by atoms with Crippen LogP contribution in [0.3, 0.4) is 0 Å². The topological polar surface area (TPSA) is 30.1 Å². The van der Waals surface area contributed by atoms with E-state index in [1.54, 1.807) is 0 Å². The number of aryl methyl sites for hydroxylation is 1. The molecular weight excluding hydrogens is 677 g/mol. The second-order valence-corrected chi connectivity index (χ2v) is 13.8. The van der Waals surface area contributed by atoms with Gasteiger partial charge in [-0.1, -0.05) is 84.9 Å². The van der Waals surface area contributed by atoms with Crippen molar-refractivity contribution in [2.24, 2.45) is 0 Å². The number of para-hydroxylation sites is 2. The quantitative estimate of drug-likeness (QED) is 0.166. The normalized spacial score (nSPS) is 11.8. The van der Waals surface area contributed by atoms with Gasteiger partial charge in [0.15, 0.2) is 0 Å². The lowest BCUT2D eigenvalue weighted by Crippen LogP contribution is -2.30. The Labute approximate surface area is 233 Å². The van der Waals surface area contributed by atoms with Gasteiger partial charge in [-0.3, -0.25) is 0 Å². The van der Waals surface area contributed by atoms with E-state index in [0.29, 0.717) is 6.54 Å².